The molecule has 1 unspecified atom stereocenters. The van der Waals surface area contributed by atoms with Gasteiger partial charge in [0.1, 0.15) is 0 Å². The van der Waals surface area contributed by atoms with E-state index < -0.39 is 0 Å². The van der Waals surface area contributed by atoms with Crippen molar-refractivity contribution in [3.8, 4) is 0 Å². The number of rotatable bonds is 4. The lowest BCUT2D eigenvalue weighted by atomic mass is 9.96. The number of nitrogens with one attached hydrogen (secondary N) is 2. The van der Waals surface area contributed by atoms with Crippen molar-refractivity contribution in [1.29, 1.82) is 0 Å². The Bertz CT molecular complexity index is 542. The molecule has 1 atom stereocenters. The highest BCUT2D eigenvalue weighted by Crippen LogP contribution is 2.26. The van der Waals surface area contributed by atoms with E-state index in [2.05, 4.69) is 10.6 Å². The molecule has 1 aliphatic heterocycles. The van der Waals surface area contributed by atoms with Gasteiger partial charge in [0.2, 0.25) is 5.91 Å². The summed E-state index contributed by atoms with van der Waals surface area (Å²) in [5.41, 5.74) is 2.89. The molecule has 0 fully saturated rings. The first kappa shape index (κ1) is 15.4. The quantitative estimate of drug-likeness (QED) is 0.883. The van der Waals surface area contributed by atoms with E-state index in [1.165, 1.54) is 0 Å². The van der Waals surface area contributed by atoms with E-state index in [0.29, 0.717) is 6.54 Å². The second kappa shape index (κ2) is 6.61. The van der Waals surface area contributed by atoms with Crippen LogP contribution in [0, 0.1) is 5.92 Å². The Morgan fingerprint density at radius 3 is 2.90 bits per heavy atom. The summed E-state index contributed by atoms with van der Waals surface area (Å²) in [7, 11) is 3.36. The molecule has 0 saturated carbocycles. The summed E-state index contributed by atoms with van der Waals surface area (Å²) in [6, 6.07) is 5.79. The van der Waals surface area contributed by atoms with Gasteiger partial charge in [-0.2, -0.15) is 0 Å². The summed E-state index contributed by atoms with van der Waals surface area (Å²) in [6.45, 7) is 3.19. The van der Waals surface area contributed by atoms with Gasteiger partial charge in [0.25, 0.3) is 5.91 Å². The zero-order chi connectivity index (χ0) is 15.4. The van der Waals surface area contributed by atoms with E-state index >= 15 is 0 Å². The van der Waals surface area contributed by atoms with Gasteiger partial charge in [0.15, 0.2) is 0 Å². The second-order valence-corrected chi connectivity index (χ2v) is 5.56. The van der Waals surface area contributed by atoms with Crippen LogP contribution in [0.2, 0.25) is 0 Å². The summed E-state index contributed by atoms with van der Waals surface area (Å²) in [6.07, 6.45) is 1.96. The number of hydrogen-bond donors (Lipinski definition) is 2. The normalized spacial score (nSPS) is 14.6. The van der Waals surface area contributed by atoms with Crippen molar-refractivity contribution in [3.05, 3.63) is 29.3 Å². The van der Waals surface area contributed by atoms with E-state index in [0.717, 1.165) is 36.2 Å². The Morgan fingerprint density at radius 2 is 2.19 bits per heavy atom. The molecule has 5 heteroatoms. The molecule has 5 nitrogen and oxygen atoms in total. The third-order valence-electron chi connectivity index (χ3n) is 3.91. The Balaban J connectivity index is 2.14. The molecule has 1 aromatic rings. The lowest BCUT2D eigenvalue weighted by Crippen LogP contribution is -2.37. The minimum absolute atomic E-state index is 0.0219. The number of nitrogens with zero attached hydrogens (tertiary/aromatic N) is 1. The van der Waals surface area contributed by atoms with Crippen LogP contribution < -0.4 is 10.6 Å². The maximum absolute atomic E-state index is 12.6. The Labute approximate surface area is 125 Å². The summed E-state index contributed by atoms with van der Waals surface area (Å²) < 4.78 is 0. The molecule has 2 amide bonds. The molecule has 0 aromatic heterocycles. The molecule has 2 rings (SSSR count). The average molecular weight is 289 g/mol. The molecule has 0 radical (unpaired) electrons. The van der Waals surface area contributed by atoms with Crippen LogP contribution in [0.25, 0.3) is 0 Å². The van der Waals surface area contributed by atoms with Crippen molar-refractivity contribution in [2.75, 3.05) is 32.5 Å². The molecular weight excluding hydrogens is 266 g/mol. The minimum atomic E-state index is -0.221. The average Bonchev–Trinajstić information content (AvgIpc) is 2.52. The molecule has 1 aliphatic rings. The van der Waals surface area contributed by atoms with Gasteiger partial charge in [-0.15, -0.1) is 0 Å². The molecule has 1 heterocycles. The first-order chi connectivity index (χ1) is 10.0. The molecule has 2 N–H and O–H groups in total. The lowest BCUT2D eigenvalue weighted by molar-refractivity contribution is -0.124. The Morgan fingerprint density at radius 1 is 1.43 bits per heavy atom. The number of benzene rings is 1. The van der Waals surface area contributed by atoms with E-state index in [4.69, 9.17) is 0 Å². The van der Waals surface area contributed by atoms with Crippen LogP contribution in [0.3, 0.4) is 0 Å². The fraction of sp³-hybridized carbons (Fsp3) is 0.500. The Kier molecular flexibility index (Phi) is 4.83. The van der Waals surface area contributed by atoms with Crippen molar-refractivity contribution in [2.45, 2.75) is 19.8 Å². The molecule has 114 valence electrons. The van der Waals surface area contributed by atoms with E-state index in [-0.39, 0.29) is 17.7 Å². The summed E-state index contributed by atoms with van der Waals surface area (Å²) in [5.74, 6) is -0.292. The maximum Gasteiger partial charge on any atom is 0.253 e. The summed E-state index contributed by atoms with van der Waals surface area (Å²) in [4.78, 5) is 25.8. The van der Waals surface area contributed by atoms with Crippen molar-refractivity contribution >= 4 is 17.5 Å². The maximum atomic E-state index is 12.6. The highest BCUT2D eigenvalue weighted by Gasteiger charge is 2.22. The van der Waals surface area contributed by atoms with Crippen molar-refractivity contribution in [2.24, 2.45) is 5.92 Å². The van der Waals surface area contributed by atoms with Gasteiger partial charge < -0.3 is 15.5 Å². The zero-order valence-corrected chi connectivity index (χ0v) is 12.9. The van der Waals surface area contributed by atoms with Crippen LogP contribution in [0.15, 0.2) is 18.2 Å². The highest BCUT2D eigenvalue weighted by atomic mass is 16.2. The fourth-order valence-electron chi connectivity index (χ4n) is 2.74. The van der Waals surface area contributed by atoms with Crippen LogP contribution >= 0.6 is 0 Å². The topological polar surface area (TPSA) is 61.4 Å². The van der Waals surface area contributed by atoms with Crippen LogP contribution in [0.4, 0.5) is 5.69 Å². The first-order valence-electron chi connectivity index (χ1n) is 7.37. The van der Waals surface area contributed by atoms with Gasteiger partial charge in [-0.1, -0.05) is 13.0 Å². The van der Waals surface area contributed by atoms with Crippen LogP contribution in [-0.4, -0.2) is 43.9 Å². The SMILES string of the molecule is CNC(=O)C(C)CN(C)C(=O)c1cccc2c1CCCN2. The third-order valence-corrected chi connectivity index (χ3v) is 3.91. The first-order valence-corrected chi connectivity index (χ1v) is 7.37. The standard InChI is InChI=1S/C16H23N3O2/c1-11(15(20)17-2)10-19(3)16(21)13-6-4-8-14-12(13)7-5-9-18-14/h4,6,8,11,18H,5,7,9-10H2,1-3H3,(H,17,20). The van der Waals surface area contributed by atoms with E-state index in [1.54, 1.807) is 19.0 Å². The van der Waals surface area contributed by atoms with Gasteiger partial charge >= 0.3 is 0 Å². The predicted octanol–water partition coefficient (Wildman–Crippen LogP) is 1.50. The van der Waals surface area contributed by atoms with E-state index in [1.807, 2.05) is 25.1 Å². The van der Waals surface area contributed by atoms with Gasteiger partial charge in [0, 0.05) is 38.4 Å². The molecule has 21 heavy (non-hydrogen) atoms. The third kappa shape index (κ3) is 3.35. The highest BCUT2D eigenvalue weighted by molar-refractivity contribution is 5.97. The van der Waals surface area contributed by atoms with Crippen LogP contribution in [-0.2, 0) is 11.2 Å². The molecule has 0 spiro atoms. The Hall–Kier alpha value is -2.04. The van der Waals surface area contributed by atoms with Gasteiger partial charge in [-0.3, -0.25) is 9.59 Å². The largest absolute Gasteiger partial charge is 0.385 e. The number of carbonyl (C=O) groups is 2. The van der Waals surface area contributed by atoms with E-state index in [9.17, 15) is 9.59 Å². The molecule has 1 aromatic carbocycles. The minimum Gasteiger partial charge on any atom is -0.385 e. The second-order valence-electron chi connectivity index (χ2n) is 5.56. The van der Waals surface area contributed by atoms with Gasteiger partial charge in [-0.05, 0) is 30.5 Å². The molecular formula is C16H23N3O2. The monoisotopic (exact) mass is 289 g/mol. The number of amides is 2. The van der Waals surface area contributed by atoms with Crippen LogP contribution in [0.5, 0.6) is 0 Å². The number of anilines is 1. The van der Waals surface area contributed by atoms with Crippen molar-refractivity contribution in [1.82, 2.24) is 10.2 Å². The van der Waals surface area contributed by atoms with Crippen molar-refractivity contribution < 1.29 is 9.59 Å². The van der Waals surface area contributed by atoms with Crippen LogP contribution in [0.1, 0.15) is 29.3 Å². The summed E-state index contributed by atoms with van der Waals surface area (Å²) in [5, 5.41) is 5.94. The smallest absolute Gasteiger partial charge is 0.253 e. The fourth-order valence-corrected chi connectivity index (χ4v) is 2.74. The summed E-state index contributed by atoms with van der Waals surface area (Å²) >= 11 is 0. The van der Waals surface area contributed by atoms with Gasteiger partial charge in [0.05, 0.1) is 5.92 Å². The van der Waals surface area contributed by atoms with Crippen molar-refractivity contribution in [3.63, 3.8) is 0 Å². The van der Waals surface area contributed by atoms with Gasteiger partial charge in [-0.25, -0.2) is 0 Å². The number of carbonyl (C=O) groups excluding carboxylic acids is 2. The molecule has 0 bridgehead atoms. The lowest BCUT2D eigenvalue weighted by Gasteiger charge is -2.25. The number of hydrogen-bond acceptors (Lipinski definition) is 3. The molecule has 0 saturated heterocycles. The molecule has 0 aliphatic carbocycles. The predicted molar refractivity (Wildman–Crippen MR) is 83.4 cm³/mol. The number of fused-ring (bicyclic) bond motifs is 1. The zero-order valence-electron chi connectivity index (χ0n) is 12.9.